The molecule has 0 aliphatic rings. The molecule has 0 spiro atoms. The van der Waals surface area contributed by atoms with Gasteiger partial charge in [0.2, 0.25) is 0 Å². The summed E-state index contributed by atoms with van der Waals surface area (Å²) in [7, 11) is 4.12. The van der Waals surface area contributed by atoms with Gasteiger partial charge in [-0.15, -0.1) is 23.1 Å². The van der Waals surface area contributed by atoms with E-state index in [-0.39, 0.29) is 0 Å². The van der Waals surface area contributed by atoms with Crippen LogP contribution in [0.25, 0.3) is 0 Å². The van der Waals surface area contributed by atoms with Crippen LogP contribution in [-0.2, 0) is 13.0 Å². The number of thiazole rings is 1. The smallest absolute Gasteiger partial charge is 0.107 e. The fraction of sp³-hybridized carbons (Fsp3) is 0.667. The van der Waals surface area contributed by atoms with Gasteiger partial charge in [0.1, 0.15) is 5.01 Å². The molecule has 0 fully saturated rings. The van der Waals surface area contributed by atoms with Crippen LogP contribution in [0.3, 0.4) is 0 Å². The maximum atomic E-state index is 5.40. The summed E-state index contributed by atoms with van der Waals surface area (Å²) in [6.45, 7) is 0.939. The third kappa shape index (κ3) is 4.41. The van der Waals surface area contributed by atoms with Crippen molar-refractivity contribution in [2.45, 2.75) is 13.0 Å². The van der Waals surface area contributed by atoms with E-state index in [1.807, 2.05) is 0 Å². The summed E-state index contributed by atoms with van der Waals surface area (Å²) in [5.41, 5.74) is 6.60. The lowest BCUT2D eigenvalue weighted by Gasteiger charge is -2.04. The van der Waals surface area contributed by atoms with Gasteiger partial charge in [-0.1, -0.05) is 0 Å². The predicted octanol–water partition coefficient (Wildman–Crippen LogP) is 1.40. The number of aryl methyl sites for hydroxylation is 1. The average molecular weight is 231 g/mol. The van der Waals surface area contributed by atoms with E-state index in [2.05, 4.69) is 29.4 Å². The molecule has 0 unspecified atom stereocenters. The van der Waals surface area contributed by atoms with Crippen molar-refractivity contribution in [3.63, 3.8) is 0 Å². The van der Waals surface area contributed by atoms with E-state index in [4.69, 9.17) is 5.73 Å². The maximum Gasteiger partial charge on any atom is 0.107 e. The molecule has 0 radical (unpaired) electrons. The zero-order chi connectivity index (χ0) is 10.4. The number of nitrogens with zero attached hydrogens (tertiary/aromatic N) is 2. The lowest BCUT2D eigenvalue weighted by atomic mass is 10.4. The van der Waals surface area contributed by atoms with Crippen molar-refractivity contribution in [2.75, 3.05) is 25.7 Å². The van der Waals surface area contributed by atoms with Crippen molar-refractivity contribution < 1.29 is 0 Å². The van der Waals surface area contributed by atoms with Crippen molar-refractivity contribution in [2.24, 2.45) is 5.73 Å². The zero-order valence-corrected chi connectivity index (χ0v) is 10.3. The Bertz CT molecular complexity index is 260. The van der Waals surface area contributed by atoms with E-state index < -0.39 is 0 Å². The van der Waals surface area contributed by atoms with E-state index in [0.717, 1.165) is 18.7 Å². The van der Waals surface area contributed by atoms with Gasteiger partial charge in [-0.3, -0.25) is 0 Å². The molecule has 0 aromatic carbocycles. The molecule has 0 amide bonds. The molecule has 0 saturated heterocycles. The average Bonchev–Trinajstić information content (AvgIpc) is 2.52. The minimum atomic E-state index is 0.703. The topological polar surface area (TPSA) is 42.2 Å². The van der Waals surface area contributed by atoms with E-state index in [1.54, 1.807) is 23.1 Å². The number of hydrogen-bond donors (Lipinski definition) is 1. The second-order valence-electron chi connectivity index (χ2n) is 3.30. The monoisotopic (exact) mass is 231 g/mol. The van der Waals surface area contributed by atoms with Crippen LogP contribution in [0.5, 0.6) is 0 Å². The number of nitrogens with two attached hydrogens (primary N) is 1. The summed E-state index contributed by atoms with van der Waals surface area (Å²) < 4.78 is 0. The van der Waals surface area contributed by atoms with Gasteiger partial charge < -0.3 is 10.6 Å². The number of rotatable bonds is 6. The van der Waals surface area contributed by atoms with Crippen LogP contribution in [0.1, 0.15) is 10.7 Å². The highest BCUT2D eigenvalue weighted by Gasteiger charge is 2.02. The summed E-state index contributed by atoms with van der Waals surface area (Å²) in [6.07, 6.45) is 1.03. The first-order chi connectivity index (χ1) is 6.72. The normalized spacial score (nSPS) is 11.1. The minimum Gasteiger partial charge on any atom is -0.322 e. The Balaban J connectivity index is 2.35. The van der Waals surface area contributed by atoms with Crippen LogP contribution in [-0.4, -0.2) is 35.6 Å². The lowest BCUT2D eigenvalue weighted by molar-refractivity contribution is 0.401. The van der Waals surface area contributed by atoms with Crippen LogP contribution in [0.4, 0.5) is 0 Å². The SMILES string of the molecule is CN(C)Cc1nc(CCSCN)cs1. The van der Waals surface area contributed by atoms with Gasteiger partial charge in [-0.05, 0) is 20.5 Å². The summed E-state index contributed by atoms with van der Waals surface area (Å²) in [6, 6.07) is 0. The van der Waals surface area contributed by atoms with Crippen molar-refractivity contribution >= 4 is 23.1 Å². The van der Waals surface area contributed by atoms with Crippen LogP contribution >= 0.6 is 23.1 Å². The molecule has 1 rings (SSSR count). The Morgan fingerprint density at radius 2 is 2.36 bits per heavy atom. The summed E-state index contributed by atoms with van der Waals surface area (Å²) in [5.74, 6) is 1.77. The fourth-order valence-corrected chi connectivity index (χ4v) is 2.53. The highest BCUT2D eigenvalue weighted by molar-refractivity contribution is 7.99. The summed E-state index contributed by atoms with van der Waals surface area (Å²) >= 11 is 3.50. The molecule has 3 nitrogen and oxygen atoms in total. The van der Waals surface area contributed by atoms with Gasteiger partial charge >= 0.3 is 0 Å². The molecule has 1 aromatic rings. The Kier molecular flexibility index (Phi) is 5.47. The molecule has 0 atom stereocenters. The van der Waals surface area contributed by atoms with Crippen molar-refractivity contribution in [3.05, 3.63) is 16.1 Å². The Labute approximate surface area is 93.7 Å². The maximum absolute atomic E-state index is 5.40. The quantitative estimate of drug-likeness (QED) is 0.593. The standard InChI is InChI=1S/C9H17N3S2/c1-12(2)5-9-11-8(6-14-9)3-4-13-7-10/h6H,3-5,7,10H2,1-2H3. The summed E-state index contributed by atoms with van der Waals surface area (Å²) in [5, 5.41) is 3.35. The highest BCUT2D eigenvalue weighted by Crippen LogP contribution is 2.13. The first-order valence-corrected chi connectivity index (χ1v) is 6.61. The molecule has 5 heteroatoms. The van der Waals surface area contributed by atoms with Gasteiger partial charge in [-0.25, -0.2) is 4.98 Å². The Morgan fingerprint density at radius 3 is 3.00 bits per heavy atom. The molecule has 0 aliphatic heterocycles. The Hall–Kier alpha value is -0.100. The number of hydrogen-bond acceptors (Lipinski definition) is 5. The molecule has 2 N–H and O–H groups in total. The second kappa shape index (κ2) is 6.40. The number of thioether (sulfide) groups is 1. The minimum absolute atomic E-state index is 0.703. The van der Waals surface area contributed by atoms with E-state index in [9.17, 15) is 0 Å². The lowest BCUT2D eigenvalue weighted by Crippen LogP contribution is -2.10. The fourth-order valence-electron chi connectivity index (χ4n) is 1.07. The zero-order valence-electron chi connectivity index (χ0n) is 8.69. The molecule has 14 heavy (non-hydrogen) atoms. The third-order valence-electron chi connectivity index (χ3n) is 1.67. The van der Waals surface area contributed by atoms with Gasteiger partial charge in [0, 0.05) is 23.6 Å². The molecule has 80 valence electrons. The second-order valence-corrected chi connectivity index (χ2v) is 5.39. The first kappa shape index (κ1) is 12.0. The van der Waals surface area contributed by atoms with Crippen molar-refractivity contribution in [3.8, 4) is 0 Å². The van der Waals surface area contributed by atoms with Crippen molar-refractivity contribution in [1.29, 1.82) is 0 Å². The first-order valence-electron chi connectivity index (χ1n) is 4.58. The van der Waals surface area contributed by atoms with Gasteiger partial charge in [0.25, 0.3) is 0 Å². The van der Waals surface area contributed by atoms with Crippen LogP contribution in [0.2, 0.25) is 0 Å². The third-order valence-corrected chi connectivity index (χ3v) is 3.28. The molecular weight excluding hydrogens is 214 g/mol. The summed E-state index contributed by atoms with van der Waals surface area (Å²) in [4.78, 5) is 6.68. The van der Waals surface area contributed by atoms with E-state index in [0.29, 0.717) is 5.88 Å². The van der Waals surface area contributed by atoms with Crippen molar-refractivity contribution in [1.82, 2.24) is 9.88 Å². The van der Waals surface area contributed by atoms with Gasteiger partial charge in [-0.2, -0.15) is 0 Å². The molecule has 0 saturated carbocycles. The van der Waals surface area contributed by atoms with Gasteiger partial charge in [0.15, 0.2) is 0 Å². The molecule has 1 heterocycles. The molecule has 1 aromatic heterocycles. The molecule has 0 aliphatic carbocycles. The van der Waals surface area contributed by atoms with Gasteiger partial charge in [0.05, 0.1) is 5.69 Å². The number of aromatic nitrogens is 1. The Morgan fingerprint density at radius 1 is 1.57 bits per heavy atom. The predicted molar refractivity (Wildman–Crippen MR) is 64.7 cm³/mol. The van der Waals surface area contributed by atoms with Crippen LogP contribution in [0.15, 0.2) is 5.38 Å². The van der Waals surface area contributed by atoms with E-state index >= 15 is 0 Å². The largest absolute Gasteiger partial charge is 0.322 e. The molecule has 0 bridgehead atoms. The highest BCUT2D eigenvalue weighted by atomic mass is 32.2. The van der Waals surface area contributed by atoms with Crippen LogP contribution in [0, 0.1) is 0 Å². The molecular formula is C9H17N3S2. The van der Waals surface area contributed by atoms with E-state index in [1.165, 1.54) is 10.7 Å². The van der Waals surface area contributed by atoms with Crippen LogP contribution < -0.4 is 5.73 Å².